The van der Waals surface area contributed by atoms with Crippen molar-refractivity contribution in [2.75, 3.05) is 5.32 Å². The summed E-state index contributed by atoms with van der Waals surface area (Å²) in [6, 6.07) is 33.2. The van der Waals surface area contributed by atoms with Crippen LogP contribution >= 0.6 is 7.60 Å². The maximum atomic E-state index is 14.7. The van der Waals surface area contributed by atoms with Gasteiger partial charge in [0.05, 0.1) is 0 Å². The number of para-hydroxylation sites is 2. The van der Waals surface area contributed by atoms with E-state index < -0.39 is 31.1 Å². The number of urea groups is 1. The van der Waals surface area contributed by atoms with Crippen LogP contribution in [0.15, 0.2) is 115 Å². The molecule has 0 saturated carbocycles. The number of carbonyl (C=O) groups excluding carboxylic acids is 2. The molecule has 0 spiro atoms. The molecule has 1 unspecified atom stereocenters. The molecule has 4 aromatic rings. The minimum absolute atomic E-state index is 0.0996. The lowest BCUT2D eigenvalue weighted by Crippen LogP contribution is -2.44. The summed E-state index contributed by atoms with van der Waals surface area (Å²) in [5.41, 5.74) is 1.51. The van der Waals surface area contributed by atoms with Crippen molar-refractivity contribution in [3.05, 3.63) is 126 Å². The van der Waals surface area contributed by atoms with Crippen molar-refractivity contribution < 1.29 is 27.9 Å². The van der Waals surface area contributed by atoms with Crippen LogP contribution in [0.2, 0.25) is 0 Å². The average molecular weight is 602 g/mol. The lowest BCUT2D eigenvalue weighted by atomic mass is 10.1. The molecule has 224 valence electrons. The molecule has 0 aliphatic heterocycles. The van der Waals surface area contributed by atoms with Gasteiger partial charge in [-0.2, -0.15) is 0 Å². The first-order valence-corrected chi connectivity index (χ1v) is 15.5. The first-order chi connectivity index (χ1) is 20.6. The normalized spacial score (nSPS) is 12.0. The van der Waals surface area contributed by atoms with Gasteiger partial charge in [0.1, 0.15) is 17.1 Å². The Morgan fingerprint density at radius 1 is 0.721 bits per heavy atom. The van der Waals surface area contributed by atoms with Crippen molar-refractivity contribution in [3.8, 4) is 11.5 Å². The summed E-state index contributed by atoms with van der Waals surface area (Å²) in [5.74, 6) is -0.432. The van der Waals surface area contributed by atoms with Crippen LogP contribution in [0, 0.1) is 0 Å². The molecule has 3 amide bonds. The quantitative estimate of drug-likeness (QED) is 0.151. The van der Waals surface area contributed by atoms with E-state index in [1.807, 2.05) is 42.5 Å². The van der Waals surface area contributed by atoms with Crippen molar-refractivity contribution in [1.82, 2.24) is 10.6 Å². The molecule has 0 saturated heterocycles. The third-order valence-electron chi connectivity index (χ3n) is 5.96. The number of hydrogen-bond acceptors (Lipinski definition) is 6. The van der Waals surface area contributed by atoms with Crippen LogP contribution in [0.4, 0.5) is 15.3 Å². The fraction of sp³-hybridized carbons (Fsp3) is 0.212. The summed E-state index contributed by atoms with van der Waals surface area (Å²) in [6.07, 6.45) is -0.477. The van der Waals surface area contributed by atoms with E-state index in [2.05, 4.69) is 16.0 Å². The van der Waals surface area contributed by atoms with Crippen LogP contribution in [0.1, 0.15) is 31.9 Å². The lowest BCUT2D eigenvalue weighted by molar-refractivity contribution is 0.0636. The molecular formula is C33H36N3O6P. The SMILES string of the molecule is CC(C)(C)OC(=O)Nc1ccc(CC(NC(=O)NCc2ccccc2)P(=O)(Oc2ccccc2)Oc2ccccc2)cc1. The van der Waals surface area contributed by atoms with Gasteiger partial charge in [0.2, 0.25) is 0 Å². The van der Waals surface area contributed by atoms with Crippen LogP contribution in [0.25, 0.3) is 0 Å². The topological polar surface area (TPSA) is 115 Å². The predicted molar refractivity (Wildman–Crippen MR) is 167 cm³/mol. The van der Waals surface area contributed by atoms with Gasteiger partial charge in [-0.1, -0.05) is 78.9 Å². The molecule has 0 aromatic heterocycles. The van der Waals surface area contributed by atoms with Gasteiger partial charge >= 0.3 is 19.7 Å². The van der Waals surface area contributed by atoms with Crippen LogP contribution < -0.4 is 25.0 Å². The summed E-state index contributed by atoms with van der Waals surface area (Å²) in [4.78, 5) is 25.3. The van der Waals surface area contributed by atoms with E-state index >= 15 is 0 Å². The van der Waals surface area contributed by atoms with Crippen LogP contribution in [0.5, 0.6) is 11.5 Å². The fourth-order valence-corrected chi connectivity index (χ4v) is 5.83. The zero-order valence-electron chi connectivity index (χ0n) is 24.4. The van der Waals surface area contributed by atoms with E-state index in [0.717, 1.165) is 11.1 Å². The first kappa shape index (κ1) is 31.2. The number of anilines is 1. The van der Waals surface area contributed by atoms with E-state index in [0.29, 0.717) is 17.2 Å². The summed E-state index contributed by atoms with van der Waals surface area (Å²) >= 11 is 0. The van der Waals surface area contributed by atoms with Gasteiger partial charge in [0.25, 0.3) is 0 Å². The van der Waals surface area contributed by atoms with Crippen LogP contribution in [-0.2, 0) is 22.3 Å². The maximum absolute atomic E-state index is 14.7. The smallest absolute Gasteiger partial charge is 0.444 e. The summed E-state index contributed by atoms with van der Waals surface area (Å²) in [6.45, 7) is 5.62. The lowest BCUT2D eigenvalue weighted by Gasteiger charge is -2.28. The summed E-state index contributed by atoms with van der Waals surface area (Å²) < 4.78 is 32.1. The Kier molecular flexibility index (Phi) is 10.5. The molecule has 0 aliphatic carbocycles. The van der Waals surface area contributed by atoms with Crippen molar-refractivity contribution in [3.63, 3.8) is 0 Å². The van der Waals surface area contributed by atoms with Crippen LogP contribution in [-0.4, -0.2) is 23.5 Å². The van der Waals surface area contributed by atoms with Gasteiger partial charge in [-0.3, -0.25) is 5.32 Å². The molecule has 0 heterocycles. The number of ether oxygens (including phenoxy) is 1. The largest absolute Gasteiger partial charge is 0.453 e. The highest BCUT2D eigenvalue weighted by molar-refractivity contribution is 7.55. The number of carbonyl (C=O) groups is 2. The monoisotopic (exact) mass is 601 g/mol. The maximum Gasteiger partial charge on any atom is 0.453 e. The highest BCUT2D eigenvalue weighted by atomic mass is 31.2. The average Bonchev–Trinajstić information content (AvgIpc) is 2.97. The Balaban J connectivity index is 1.59. The second kappa shape index (κ2) is 14.4. The van der Waals surface area contributed by atoms with Gasteiger partial charge in [-0.05, 0) is 68.3 Å². The second-order valence-electron chi connectivity index (χ2n) is 10.7. The molecule has 0 radical (unpaired) electrons. The van der Waals surface area contributed by atoms with E-state index in [4.69, 9.17) is 13.8 Å². The van der Waals surface area contributed by atoms with Crippen molar-refractivity contribution in [2.45, 2.75) is 45.1 Å². The highest BCUT2D eigenvalue weighted by Gasteiger charge is 2.41. The third-order valence-corrected chi connectivity index (χ3v) is 7.96. The zero-order chi connectivity index (χ0) is 30.7. The van der Waals surface area contributed by atoms with E-state index in [9.17, 15) is 14.2 Å². The molecule has 1 atom stereocenters. The van der Waals surface area contributed by atoms with Gasteiger partial charge < -0.3 is 24.4 Å². The predicted octanol–water partition coefficient (Wildman–Crippen LogP) is 7.75. The molecule has 3 N–H and O–H groups in total. The van der Waals surface area contributed by atoms with E-state index in [1.165, 1.54) is 0 Å². The summed E-state index contributed by atoms with van der Waals surface area (Å²) in [5, 5.41) is 8.35. The Morgan fingerprint density at radius 2 is 1.23 bits per heavy atom. The van der Waals surface area contributed by atoms with E-state index in [1.54, 1.807) is 93.6 Å². The summed E-state index contributed by atoms with van der Waals surface area (Å²) in [7, 11) is -4.11. The molecule has 4 rings (SSSR count). The van der Waals surface area contributed by atoms with Gasteiger partial charge in [0.15, 0.2) is 5.78 Å². The molecule has 4 aromatic carbocycles. The minimum atomic E-state index is -4.11. The van der Waals surface area contributed by atoms with Crippen molar-refractivity contribution in [1.29, 1.82) is 0 Å². The molecule has 0 fully saturated rings. The Morgan fingerprint density at radius 3 is 1.74 bits per heavy atom. The highest BCUT2D eigenvalue weighted by Crippen LogP contribution is 2.53. The van der Waals surface area contributed by atoms with Gasteiger partial charge in [0, 0.05) is 18.7 Å². The van der Waals surface area contributed by atoms with E-state index in [-0.39, 0.29) is 13.0 Å². The number of amides is 3. The minimum Gasteiger partial charge on any atom is -0.444 e. The number of benzene rings is 4. The van der Waals surface area contributed by atoms with Gasteiger partial charge in [-0.15, -0.1) is 0 Å². The van der Waals surface area contributed by atoms with Crippen LogP contribution in [0.3, 0.4) is 0 Å². The standard InChI is InChI=1S/C33H36N3O6P/c1-33(2,3)40-32(38)35-27-21-19-25(20-22-27)23-30(36-31(37)34-24-26-13-7-4-8-14-26)43(39,41-28-15-9-5-10-16-28)42-29-17-11-6-12-18-29/h4-22,30H,23-24H2,1-3H3,(H,35,38)(H2,34,36,37). The molecule has 0 bridgehead atoms. The Bertz CT molecular complexity index is 1470. The Hall–Kier alpha value is -4.75. The molecule has 43 heavy (non-hydrogen) atoms. The van der Waals surface area contributed by atoms with Gasteiger partial charge in [-0.25, -0.2) is 14.2 Å². The molecule has 10 heteroatoms. The molecule has 9 nitrogen and oxygen atoms in total. The number of nitrogens with one attached hydrogen (secondary N) is 3. The fourth-order valence-electron chi connectivity index (χ4n) is 3.99. The molecule has 0 aliphatic rings. The number of hydrogen-bond donors (Lipinski definition) is 3. The third kappa shape index (κ3) is 10.2. The Labute approximate surface area is 252 Å². The second-order valence-corrected chi connectivity index (χ2v) is 12.8. The number of rotatable bonds is 11. The molecular weight excluding hydrogens is 565 g/mol. The zero-order valence-corrected chi connectivity index (χ0v) is 25.3. The van der Waals surface area contributed by atoms with Crippen molar-refractivity contribution in [2.24, 2.45) is 0 Å². The first-order valence-electron chi connectivity index (χ1n) is 13.8. The van der Waals surface area contributed by atoms with Crippen molar-refractivity contribution >= 4 is 25.4 Å².